The Kier molecular flexibility index (Phi) is 7.15. The van der Waals surface area contributed by atoms with Gasteiger partial charge in [0.25, 0.3) is 0 Å². The molecule has 0 bridgehead atoms. The Hall–Kier alpha value is -2.79. The van der Waals surface area contributed by atoms with E-state index in [9.17, 15) is 0 Å². The number of anilines is 1. The number of piperidine rings is 1. The molecule has 1 aliphatic heterocycles. The maximum atomic E-state index is 5.97. The molecule has 2 heterocycles. The molecule has 1 aliphatic rings. The molecule has 32 heavy (non-hydrogen) atoms. The summed E-state index contributed by atoms with van der Waals surface area (Å²) in [6, 6.07) is 17.2. The highest BCUT2D eigenvalue weighted by molar-refractivity contribution is 5.81. The molecule has 3 aromatic rings. The lowest BCUT2D eigenvalue weighted by molar-refractivity contribution is 0.207. The van der Waals surface area contributed by atoms with Crippen molar-refractivity contribution in [3.8, 4) is 11.5 Å². The van der Waals surface area contributed by atoms with Gasteiger partial charge in [0.2, 0.25) is 0 Å². The van der Waals surface area contributed by atoms with Crippen LogP contribution in [0.2, 0.25) is 0 Å². The molecular weight excluding hydrogens is 398 g/mol. The molecule has 0 radical (unpaired) electrons. The first kappa shape index (κ1) is 22.4. The molecule has 0 aliphatic carbocycles. The topological polar surface area (TPSA) is 46.6 Å². The maximum absolute atomic E-state index is 5.97. The van der Waals surface area contributed by atoms with Crippen LogP contribution in [0, 0.1) is 0 Å². The van der Waals surface area contributed by atoms with Gasteiger partial charge in [-0.05, 0) is 70.4 Å². The zero-order chi connectivity index (χ0) is 22.5. The standard InChI is InChI=1S/C27H35N3O2/c1-19(2)31-25-13-21(14-26(16-25)32-20(3)4)18-30-11-9-23(10-12-30)29-24-15-22-7-5-6-8-27(22)28-17-24/h5-8,13-17,19-20,23,29H,9-12,18H2,1-4H3. The predicted octanol–water partition coefficient (Wildman–Crippen LogP) is 5.89. The van der Waals surface area contributed by atoms with Gasteiger partial charge in [0.05, 0.1) is 29.6 Å². The van der Waals surface area contributed by atoms with Crippen molar-refractivity contribution in [1.82, 2.24) is 9.88 Å². The molecule has 0 spiro atoms. The number of hydrogen-bond donors (Lipinski definition) is 1. The van der Waals surface area contributed by atoms with E-state index in [0.29, 0.717) is 6.04 Å². The van der Waals surface area contributed by atoms with Gasteiger partial charge in [0, 0.05) is 37.1 Å². The number of likely N-dealkylation sites (tertiary alicyclic amines) is 1. The molecule has 1 N–H and O–H groups in total. The van der Waals surface area contributed by atoms with Crippen LogP contribution >= 0.6 is 0 Å². The third-order valence-electron chi connectivity index (χ3n) is 5.64. The van der Waals surface area contributed by atoms with Crippen molar-refractivity contribution in [3.05, 3.63) is 60.3 Å². The molecular formula is C27H35N3O2. The smallest absolute Gasteiger partial charge is 0.123 e. The van der Waals surface area contributed by atoms with Gasteiger partial charge in [0.1, 0.15) is 11.5 Å². The van der Waals surface area contributed by atoms with E-state index < -0.39 is 0 Å². The number of ether oxygens (including phenoxy) is 2. The Morgan fingerprint density at radius 1 is 0.938 bits per heavy atom. The predicted molar refractivity (Wildman–Crippen MR) is 132 cm³/mol. The van der Waals surface area contributed by atoms with Crippen molar-refractivity contribution in [2.24, 2.45) is 0 Å². The minimum atomic E-state index is 0.142. The van der Waals surface area contributed by atoms with Crippen molar-refractivity contribution in [3.63, 3.8) is 0 Å². The summed E-state index contributed by atoms with van der Waals surface area (Å²) in [4.78, 5) is 7.10. The molecule has 0 atom stereocenters. The van der Waals surface area contributed by atoms with Crippen molar-refractivity contribution < 1.29 is 9.47 Å². The van der Waals surface area contributed by atoms with Gasteiger partial charge in [-0.25, -0.2) is 0 Å². The van der Waals surface area contributed by atoms with Crippen LogP contribution in [0.1, 0.15) is 46.1 Å². The fourth-order valence-electron chi connectivity index (χ4n) is 4.28. The lowest BCUT2D eigenvalue weighted by Gasteiger charge is -2.33. The fourth-order valence-corrected chi connectivity index (χ4v) is 4.28. The Morgan fingerprint density at radius 3 is 2.25 bits per heavy atom. The monoisotopic (exact) mass is 433 g/mol. The SMILES string of the molecule is CC(C)Oc1cc(CN2CCC(Nc3cnc4ccccc4c3)CC2)cc(OC(C)C)c1. The van der Waals surface area contributed by atoms with Crippen LogP contribution in [0.4, 0.5) is 5.69 Å². The van der Waals surface area contributed by atoms with E-state index in [-0.39, 0.29) is 12.2 Å². The Balaban J connectivity index is 1.35. The van der Waals surface area contributed by atoms with Crippen LogP contribution < -0.4 is 14.8 Å². The average Bonchev–Trinajstić information content (AvgIpc) is 2.74. The van der Waals surface area contributed by atoms with E-state index in [1.54, 1.807) is 0 Å². The highest BCUT2D eigenvalue weighted by Crippen LogP contribution is 2.27. The highest BCUT2D eigenvalue weighted by Gasteiger charge is 2.20. The number of aromatic nitrogens is 1. The molecule has 1 saturated heterocycles. The number of rotatable bonds is 8. The van der Waals surface area contributed by atoms with E-state index in [1.807, 2.05) is 18.3 Å². The van der Waals surface area contributed by atoms with Crippen LogP contribution in [0.3, 0.4) is 0 Å². The number of para-hydroxylation sites is 1. The van der Waals surface area contributed by atoms with Crippen molar-refractivity contribution in [2.75, 3.05) is 18.4 Å². The molecule has 0 amide bonds. The second kappa shape index (κ2) is 10.2. The van der Waals surface area contributed by atoms with Crippen LogP contribution in [0.5, 0.6) is 11.5 Å². The quantitative estimate of drug-likeness (QED) is 0.480. The summed E-state index contributed by atoms with van der Waals surface area (Å²) in [6.45, 7) is 11.3. The minimum absolute atomic E-state index is 0.142. The molecule has 5 nitrogen and oxygen atoms in total. The van der Waals surface area contributed by atoms with E-state index in [1.165, 1.54) is 10.9 Å². The summed E-state index contributed by atoms with van der Waals surface area (Å²) in [5, 5.41) is 4.87. The van der Waals surface area contributed by atoms with Gasteiger partial charge in [-0.15, -0.1) is 0 Å². The summed E-state index contributed by atoms with van der Waals surface area (Å²) < 4.78 is 11.9. The van der Waals surface area contributed by atoms with Gasteiger partial charge >= 0.3 is 0 Å². The number of hydrogen-bond acceptors (Lipinski definition) is 5. The Labute approximate surface area is 191 Å². The van der Waals surface area contributed by atoms with Gasteiger partial charge < -0.3 is 14.8 Å². The Bertz CT molecular complexity index is 998. The van der Waals surface area contributed by atoms with Gasteiger partial charge in [-0.3, -0.25) is 9.88 Å². The van der Waals surface area contributed by atoms with Crippen LogP contribution in [-0.4, -0.2) is 41.2 Å². The fraction of sp³-hybridized carbons (Fsp3) is 0.444. The van der Waals surface area contributed by atoms with E-state index >= 15 is 0 Å². The molecule has 5 heteroatoms. The molecule has 2 aromatic carbocycles. The highest BCUT2D eigenvalue weighted by atomic mass is 16.5. The van der Waals surface area contributed by atoms with Gasteiger partial charge in [-0.1, -0.05) is 18.2 Å². The normalized spacial score (nSPS) is 15.4. The second-order valence-corrected chi connectivity index (χ2v) is 9.26. The van der Waals surface area contributed by atoms with Crippen molar-refractivity contribution >= 4 is 16.6 Å². The summed E-state index contributed by atoms with van der Waals surface area (Å²) >= 11 is 0. The lowest BCUT2D eigenvalue weighted by Crippen LogP contribution is -2.38. The summed E-state index contributed by atoms with van der Waals surface area (Å²) in [6.07, 6.45) is 4.46. The third-order valence-corrected chi connectivity index (χ3v) is 5.64. The van der Waals surface area contributed by atoms with Crippen LogP contribution in [-0.2, 0) is 6.54 Å². The minimum Gasteiger partial charge on any atom is -0.491 e. The first-order valence-electron chi connectivity index (χ1n) is 11.8. The molecule has 0 unspecified atom stereocenters. The average molecular weight is 434 g/mol. The number of fused-ring (bicyclic) bond motifs is 1. The van der Waals surface area contributed by atoms with E-state index in [0.717, 1.165) is 55.2 Å². The molecule has 0 saturated carbocycles. The zero-order valence-electron chi connectivity index (χ0n) is 19.7. The number of benzene rings is 2. The van der Waals surface area contributed by atoms with Crippen molar-refractivity contribution in [2.45, 2.75) is 65.3 Å². The van der Waals surface area contributed by atoms with Crippen LogP contribution in [0.25, 0.3) is 10.9 Å². The van der Waals surface area contributed by atoms with Crippen molar-refractivity contribution in [1.29, 1.82) is 0 Å². The molecule has 1 aromatic heterocycles. The molecule has 4 rings (SSSR count). The molecule has 1 fully saturated rings. The molecule has 170 valence electrons. The van der Waals surface area contributed by atoms with Gasteiger partial charge in [0.15, 0.2) is 0 Å². The van der Waals surface area contributed by atoms with E-state index in [2.05, 4.69) is 79.3 Å². The summed E-state index contributed by atoms with van der Waals surface area (Å²) in [5.41, 5.74) is 3.39. The van der Waals surface area contributed by atoms with Gasteiger partial charge in [-0.2, -0.15) is 0 Å². The van der Waals surface area contributed by atoms with Crippen LogP contribution in [0.15, 0.2) is 54.7 Å². The largest absolute Gasteiger partial charge is 0.491 e. The first-order valence-corrected chi connectivity index (χ1v) is 11.8. The number of nitrogens with zero attached hydrogens (tertiary/aromatic N) is 2. The Morgan fingerprint density at radius 2 is 1.59 bits per heavy atom. The maximum Gasteiger partial charge on any atom is 0.123 e. The summed E-state index contributed by atoms with van der Waals surface area (Å²) in [5.74, 6) is 1.77. The lowest BCUT2D eigenvalue weighted by atomic mass is 10.0. The first-order chi connectivity index (χ1) is 15.4. The zero-order valence-corrected chi connectivity index (χ0v) is 19.7. The number of pyridine rings is 1. The third kappa shape index (κ3) is 6.13. The second-order valence-electron chi connectivity index (χ2n) is 9.26. The number of nitrogens with one attached hydrogen (secondary N) is 1. The summed E-state index contributed by atoms with van der Waals surface area (Å²) in [7, 11) is 0. The van der Waals surface area contributed by atoms with E-state index in [4.69, 9.17) is 9.47 Å².